The maximum atomic E-state index is 12.4. The molecule has 27 heavy (non-hydrogen) atoms. The number of sulfonamides is 1. The van der Waals surface area contributed by atoms with E-state index in [2.05, 4.69) is 14.8 Å². The molecule has 3 rings (SSSR count). The lowest BCUT2D eigenvalue weighted by Crippen LogP contribution is -2.21. The first-order chi connectivity index (χ1) is 12.8. The van der Waals surface area contributed by atoms with Crippen LogP contribution in [-0.2, 0) is 14.9 Å². The number of halogens is 1. The van der Waals surface area contributed by atoms with Crippen LogP contribution in [0.2, 0.25) is 5.02 Å². The highest BCUT2D eigenvalue weighted by Gasteiger charge is 2.21. The van der Waals surface area contributed by atoms with Crippen molar-refractivity contribution >= 4 is 38.3 Å². The molecule has 0 aliphatic rings. The molecule has 8 nitrogen and oxygen atoms in total. The molecule has 0 bridgehead atoms. The van der Waals surface area contributed by atoms with Crippen LogP contribution in [0.5, 0.6) is 5.88 Å². The highest BCUT2D eigenvalue weighted by atomic mass is 35.5. The number of fused-ring (bicyclic) bond motifs is 1. The van der Waals surface area contributed by atoms with Crippen molar-refractivity contribution < 1.29 is 18.0 Å². The van der Waals surface area contributed by atoms with Gasteiger partial charge in [-0.15, -0.1) is 0 Å². The van der Waals surface area contributed by atoms with Gasteiger partial charge in [0.2, 0.25) is 5.88 Å². The molecule has 0 saturated heterocycles. The highest BCUT2D eigenvalue weighted by Crippen LogP contribution is 2.38. The first-order valence-corrected chi connectivity index (χ1v) is 9.72. The van der Waals surface area contributed by atoms with Crippen molar-refractivity contribution in [1.29, 1.82) is 0 Å². The quantitative estimate of drug-likeness (QED) is 0.606. The van der Waals surface area contributed by atoms with E-state index < -0.39 is 10.0 Å². The number of nitrogens with zero attached hydrogens (tertiary/aromatic N) is 2. The lowest BCUT2D eigenvalue weighted by molar-refractivity contribution is 0.153. The number of aromatic nitrogens is 2. The largest absolute Gasteiger partial charge is 0.480 e. The number of pyridine rings is 1. The predicted molar refractivity (Wildman–Crippen MR) is 105 cm³/mol. The van der Waals surface area contributed by atoms with E-state index >= 15 is 0 Å². The molecule has 0 aliphatic heterocycles. The number of methoxy groups -OCH3 is 1. The molecule has 1 aromatic carbocycles. The SMILES string of the molecule is CONS(=O)(=O)c1c[nH]c2cc(Cl)c(-c3ccc(N(C)C)nc3OC)cc12. The van der Waals surface area contributed by atoms with Gasteiger partial charge in [0, 0.05) is 42.3 Å². The molecule has 144 valence electrons. The summed E-state index contributed by atoms with van der Waals surface area (Å²) in [5.74, 6) is 1.11. The fourth-order valence-electron chi connectivity index (χ4n) is 2.74. The Labute approximate surface area is 162 Å². The first kappa shape index (κ1) is 19.4. The van der Waals surface area contributed by atoms with Gasteiger partial charge in [0.1, 0.15) is 10.7 Å². The number of hydrogen-bond acceptors (Lipinski definition) is 6. The van der Waals surface area contributed by atoms with Gasteiger partial charge in [-0.1, -0.05) is 16.5 Å². The van der Waals surface area contributed by atoms with E-state index in [4.69, 9.17) is 16.3 Å². The maximum Gasteiger partial charge on any atom is 0.264 e. The average Bonchev–Trinajstić information content (AvgIpc) is 3.03. The topological polar surface area (TPSA) is 96.5 Å². The minimum absolute atomic E-state index is 0.0501. The fourth-order valence-corrected chi connectivity index (χ4v) is 3.99. The van der Waals surface area contributed by atoms with E-state index in [1.165, 1.54) is 20.4 Å². The number of nitrogens with one attached hydrogen (secondary N) is 2. The molecule has 0 atom stereocenters. The van der Waals surface area contributed by atoms with Gasteiger partial charge in [-0.3, -0.25) is 4.84 Å². The molecular formula is C17H19ClN4O4S. The summed E-state index contributed by atoms with van der Waals surface area (Å²) in [5, 5.41) is 0.906. The lowest BCUT2D eigenvalue weighted by atomic mass is 10.0. The minimum atomic E-state index is -3.84. The summed E-state index contributed by atoms with van der Waals surface area (Å²) in [4.78, 5) is 15.9. The van der Waals surface area contributed by atoms with E-state index in [1.807, 2.05) is 36.0 Å². The Morgan fingerprint density at radius 3 is 2.56 bits per heavy atom. The number of hydrogen-bond donors (Lipinski definition) is 2. The summed E-state index contributed by atoms with van der Waals surface area (Å²) < 4.78 is 30.1. The molecule has 0 saturated carbocycles. The van der Waals surface area contributed by atoms with E-state index in [-0.39, 0.29) is 4.90 Å². The summed E-state index contributed by atoms with van der Waals surface area (Å²) in [7, 11) is 2.67. The second-order valence-corrected chi connectivity index (χ2v) is 7.96. The monoisotopic (exact) mass is 410 g/mol. The zero-order valence-corrected chi connectivity index (χ0v) is 16.8. The van der Waals surface area contributed by atoms with Gasteiger partial charge in [-0.05, 0) is 24.3 Å². The fraction of sp³-hybridized carbons (Fsp3) is 0.235. The molecule has 0 spiro atoms. The summed E-state index contributed by atoms with van der Waals surface area (Å²) in [5.41, 5.74) is 1.84. The van der Waals surface area contributed by atoms with Crippen molar-refractivity contribution in [2.45, 2.75) is 4.90 Å². The van der Waals surface area contributed by atoms with Crippen molar-refractivity contribution in [3.05, 3.63) is 35.5 Å². The van der Waals surface area contributed by atoms with Gasteiger partial charge in [-0.2, -0.15) is 4.98 Å². The molecular weight excluding hydrogens is 392 g/mol. The number of rotatable bonds is 6. The van der Waals surface area contributed by atoms with Crippen LogP contribution in [0, 0.1) is 0 Å². The van der Waals surface area contributed by atoms with Gasteiger partial charge in [0.15, 0.2) is 0 Å². The van der Waals surface area contributed by atoms with Crippen LogP contribution in [0.3, 0.4) is 0 Å². The molecule has 2 heterocycles. The summed E-state index contributed by atoms with van der Waals surface area (Å²) >= 11 is 6.45. The van der Waals surface area contributed by atoms with E-state index in [0.717, 1.165) is 5.82 Å². The van der Waals surface area contributed by atoms with E-state index in [1.54, 1.807) is 12.1 Å². The Morgan fingerprint density at radius 2 is 1.93 bits per heavy atom. The predicted octanol–water partition coefficient (Wildman–Crippen LogP) is 2.80. The minimum Gasteiger partial charge on any atom is -0.480 e. The maximum absolute atomic E-state index is 12.4. The first-order valence-electron chi connectivity index (χ1n) is 7.86. The molecule has 2 aromatic heterocycles. The summed E-state index contributed by atoms with van der Waals surface area (Å²) in [6.07, 6.45) is 1.39. The zero-order chi connectivity index (χ0) is 19.8. The van der Waals surface area contributed by atoms with Crippen molar-refractivity contribution in [3.63, 3.8) is 0 Å². The molecule has 0 amide bonds. The number of H-pyrrole nitrogens is 1. The van der Waals surface area contributed by atoms with Crippen molar-refractivity contribution in [2.75, 3.05) is 33.2 Å². The highest BCUT2D eigenvalue weighted by molar-refractivity contribution is 7.89. The van der Waals surface area contributed by atoms with Gasteiger partial charge >= 0.3 is 0 Å². The molecule has 0 unspecified atom stereocenters. The third kappa shape index (κ3) is 3.59. The zero-order valence-electron chi connectivity index (χ0n) is 15.2. The lowest BCUT2D eigenvalue weighted by Gasteiger charge is -2.15. The van der Waals surface area contributed by atoms with Crippen LogP contribution < -0.4 is 14.5 Å². The Bertz CT molecular complexity index is 1100. The van der Waals surface area contributed by atoms with Crippen LogP contribution in [0.1, 0.15) is 0 Å². The third-order valence-electron chi connectivity index (χ3n) is 4.00. The molecule has 0 fully saturated rings. The number of benzene rings is 1. The third-order valence-corrected chi connectivity index (χ3v) is 5.62. The second kappa shape index (κ2) is 7.35. The number of aromatic amines is 1. The van der Waals surface area contributed by atoms with Gasteiger partial charge in [0.05, 0.1) is 19.2 Å². The molecule has 0 radical (unpaired) electrons. The molecule has 2 N–H and O–H groups in total. The number of ether oxygens (including phenoxy) is 1. The van der Waals surface area contributed by atoms with Crippen molar-refractivity contribution in [1.82, 2.24) is 14.9 Å². The normalized spacial score (nSPS) is 11.7. The van der Waals surface area contributed by atoms with Gasteiger partial charge in [-0.25, -0.2) is 8.42 Å². The second-order valence-electron chi connectivity index (χ2n) is 5.94. The molecule has 0 aliphatic carbocycles. The number of anilines is 1. The van der Waals surface area contributed by atoms with Crippen LogP contribution in [0.4, 0.5) is 5.82 Å². The summed E-state index contributed by atoms with van der Waals surface area (Å²) in [6.45, 7) is 0. The van der Waals surface area contributed by atoms with E-state index in [9.17, 15) is 8.42 Å². The van der Waals surface area contributed by atoms with Crippen molar-refractivity contribution in [2.24, 2.45) is 0 Å². The Balaban J connectivity index is 2.22. The Kier molecular flexibility index (Phi) is 5.29. The Morgan fingerprint density at radius 1 is 1.19 bits per heavy atom. The average molecular weight is 411 g/mol. The summed E-state index contributed by atoms with van der Waals surface area (Å²) in [6, 6.07) is 7.02. The van der Waals surface area contributed by atoms with Gasteiger partial charge in [0.25, 0.3) is 10.0 Å². The molecule has 10 heteroatoms. The van der Waals surface area contributed by atoms with Gasteiger partial charge < -0.3 is 14.6 Å². The van der Waals surface area contributed by atoms with Crippen LogP contribution in [0.25, 0.3) is 22.0 Å². The van der Waals surface area contributed by atoms with Crippen LogP contribution >= 0.6 is 11.6 Å². The molecule has 3 aromatic rings. The van der Waals surface area contributed by atoms with Crippen LogP contribution in [-0.4, -0.2) is 46.7 Å². The van der Waals surface area contributed by atoms with Crippen molar-refractivity contribution in [3.8, 4) is 17.0 Å². The van der Waals surface area contributed by atoms with E-state index in [0.29, 0.717) is 32.9 Å². The van der Waals surface area contributed by atoms with Crippen LogP contribution in [0.15, 0.2) is 35.4 Å². The smallest absolute Gasteiger partial charge is 0.264 e. The standard InChI is InChI=1S/C17H19ClN4O4S/c1-22(2)16-6-5-10(17(20-16)25-3)11-7-12-14(8-13(11)18)19-9-15(12)27(23,24)21-26-4/h5-9,19,21H,1-4H3. The Hall–Kier alpha value is -2.33.